The summed E-state index contributed by atoms with van der Waals surface area (Å²) in [5.41, 5.74) is 2.46. The van der Waals surface area contributed by atoms with Gasteiger partial charge in [0, 0.05) is 0 Å². The summed E-state index contributed by atoms with van der Waals surface area (Å²) in [6, 6.07) is 19.4. The first-order valence-corrected chi connectivity index (χ1v) is 7.96. The molecule has 0 aromatic heterocycles. The van der Waals surface area contributed by atoms with Crippen molar-refractivity contribution in [3.8, 4) is 5.75 Å². The van der Waals surface area contributed by atoms with Gasteiger partial charge >= 0.3 is 0 Å². The van der Waals surface area contributed by atoms with E-state index in [1.165, 1.54) is 11.1 Å². The molecule has 0 aliphatic heterocycles. The minimum absolute atomic E-state index is 0.347. The Morgan fingerprint density at radius 1 is 0.864 bits per heavy atom. The summed E-state index contributed by atoms with van der Waals surface area (Å²) >= 11 is 0. The van der Waals surface area contributed by atoms with Gasteiger partial charge in [-0.3, -0.25) is 0 Å². The van der Waals surface area contributed by atoms with Crippen molar-refractivity contribution in [1.82, 2.24) is 0 Å². The number of aromatic hydroxyl groups is 1. The first kappa shape index (κ1) is 22.3. The molecule has 22 heavy (non-hydrogen) atoms. The summed E-state index contributed by atoms with van der Waals surface area (Å²) < 4.78 is 0. The lowest BCUT2D eigenvalue weighted by Crippen LogP contribution is -1.79. The predicted molar refractivity (Wildman–Crippen MR) is 100 cm³/mol. The molecule has 0 fully saturated rings. The second-order valence-electron chi connectivity index (χ2n) is 4.78. The van der Waals surface area contributed by atoms with E-state index in [0.29, 0.717) is 5.75 Å². The van der Waals surface area contributed by atoms with Crippen LogP contribution in [0, 0.1) is 0 Å². The van der Waals surface area contributed by atoms with E-state index in [1.54, 1.807) is 12.1 Å². The highest BCUT2D eigenvalue weighted by Crippen LogP contribution is 2.10. The summed E-state index contributed by atoms with van der Waals surface area (Å²) in [4.78, 5) is 0. The molecule has 0 bridgehead atoms. The third-order valence-corrected chi connectivity index (χ3v) is 2.14. The normalized spacial score (nSPS) is 8.05. The number of phenols is 1. The smallest absolute Gasteiger partial charge is 0.115 e. The van der Waals surface area contributed by atoms with E-state index < -0.39 is 0 Å². The molecule has 1 N–H and O–H groups in total. The number of phenolic OH excluding ortho intramolecular Hbond substituents is 1. The van der Waals surface area contributed by atoms with Crippen LogP contribution in [0.4, 0.5) is 0 Å². The van der Waals surface area contributed by atoms with E-state index >= 15 is 0 Å². The van der Waals surface area contributed by atoms with Gasteiger partial charge in [0.05, 0.1) is 0 Å². The summed E-state index contributed by atoms with van der Waals surface area (Å²) in [5, 5.41) is 8.92. The summed E-state index contributed by atoms with van der Waals surface area (Å²) in [6.07, 6.45) is 2.26. The number of benzene rings is 2. The zero-order valence-electron chi connectivity index (χ0n) is 14.8. The lowest BCUT2D eigenvalue weighted by atomic mass is 10.1. The van der Waals surface area contributed by atoms with Crippen molar-refractivity contribution in [3.63, 3.8) is 0 Å². The zero-order valence-corrected chi connectivity index (χ0v) is 14.8. The van der Waals surface area contributed by atoms with E-state index in [9.17, 15) is 0 Å². The van der Waals surface area contributed by atoms with Crippen LogP contribution < -0.4 is 0 Å². The van der Waals surface area contributed by atoms with Crippen LogP contribution in [0.3, 0.4) is 0 Å². The highest BCUT2D eigenvalue weighted by Gasteiger charge is 1.89. The zero-order chi connectivity index (χ0) is 17.2. The number of aryl methyl sites for hydroxylation is 1. The van der Waals surface area contributed by atoms with E-state index in [2.05, 4.69) is 13.5 Å². The fourth-order valence-electron chi connectivity index (χ4n) is 1.34. The van der Waals surface area contributed by atoms with Gasteiger partial charge in [0.1, 0.15) is 5.75 Å². The van der Waals surface area contributed by atoms with Crippen molar-refractivity contribution in [3.05, 3.63) is 78.4 Å². The SMILES string of the molecule is C=C(C)C.CC.CCCc1ccc(O)cc1.c1ccccc1. The maximum atomic E-state index is 8.92. The van der Waals surface area contributed by atoms with Crippen molar-refractivity contribution < 1.29 is 5.11 Å². The van der Waals surface area contributed by atoms with Crippen LogP contribution in [0.1, 0.15) is 46.6 Å². The maximum absolute atomic E-state index is 8.92. The monoisotopic (exact) mass is 300 g/mol. The summed E-state index contributed by atoms with van der Waals surface area (Å²) in [7, 11) is 0. The van der Waals surface area contributed by atoms with E-state index in [-0.39, 0.29) is 0 Å². The van der Waals surface area contributed by atoms with Crippen molar-refractivity contribution in [2.75, 3.05) is 0 Å². The van der Waals surface area contributed by atoms with Crippen LogP contribution in [0.15, 0.2) is 72.8 Å². The number of hydrogen-bond donors (Lipinski definition) is 1. The van der Waals surface area contributed by atoms with Gasteiger partial charge < -0.3 is 5.11 Å². The number of rotatable bonds is 2. The van der Waals surface area contributed by atoms with E-state index in [4.69, 9.17) is 5.11 Å². The Morgan fingerprint density at radius 3 is 1.45 bits per heavy atom. The number of allylic oxidation sites excluding steroid dienone is 1. The third-order valence-electron chi connectivity index (χ3n) is 2.14. The van der Waals surface area contributed by atoms with Crippen molar-refractivity contribution >= 4 is 0 Å². The molecule has 2 rings (SSSR count). The molecule has 0 atom stereocenters. The molecule has 0 spiro atoms. The third kappa shape index (κ3) is 18.0. The quantitative estimate of drug-likeness (QED) is 0.616. The Bertz CT molecular complexity index is 412. The van der Waals surface area contributed by atoms with Gasteiger partial charge in [-0.05, 0) is 38.0 Å². The van der Waals surface area contributed by atoms with Crippen LogP contribution in [-0.2, 0) is 6.42 Å². The summed E-state index contributed by atoms with van der Waals surface area (Å²) in [5.74, 6) is 0.347. The largest absolute Gasteiger partial charge is 0.508 e. The van der Waals surface area contributed by atoms with Gasteiger partial charge in [-0.2, -0.15) is 0 Å². The van der Waals surface area contributed by atoms with E-state index in [0.717, 1.165) is 12.8 Å². The topological polar surface area (TPSA) is 20.2 Å². The summed E-state index contributed by atoms with van der Waals surface area (Å²) in [6.45, 7) is 13.6. The van der Waals surface area contributed by atoms with Gasteiger partial charge in [0.2, 0.25) is 0 Å². The Morgan fingerprint density at radius 2 is 1.18 bits per heavy atom. The molecule has 0 aliphatic rings. The van der Waals surface area contributed by atoms with Gasteiger partial charge in [0.25, 0.3) is 0 Å². The van der Waals surface area contributed by atoms with Crippen LogP contribution >= 0.6 is 0 Å². The predicted octanol–water partition coefficient (Wildman–Crippen LogP) is 6.64. The standard InChI is InChI=1S/C9H12O.C6H6.C4H8.C2H6/c1-2-3-8-4-6-9(10)7-5-8;1-2-4-6-5-3-1;1-4(2)3;1-2/h4-7,10H,2-3H2,1H3;1-6H;1H2,2-3H3;1-2H3. The molecular weight excluding hydrogens is 268 g/mol. The molecule has 1 heteroatoms. The molecule has 2 aromatic rings. The molecule has 1 nitrogen and oxygen atoms in total. The molecule has 122 valence electrons. The minimum Gasteiger partial charge on any atom is -0.508 e. The van der Waals surface area contributed by atoms with E-state index in [1.807, 2.05) is 76.2 Å². The molecule has 0 saturated heterocycles. The second kappa shape index (κ2) is 17.0. The maximum Gasteiger partial charge on any atom is 0.115 e. The van der Waals surface area contributed by atoms with Gasteiger partial charge in [-0.15, -0.1) is 6.58 Å². The molecular formula is C21H32O. The Hall–Kier alpha value is -2.02. The molecule has 0 saturated carbocycles. The van der Waals surface area contributed by atoms with Crippen LogP contribution in [0.2, 0.25) is 0 Å². The Kier molecular flexibility index (Phi) is 17.2. The fourth-order valence-corrected chi connectivity index (χ4v) is 1.34. The first-order valence-electron chi connectivity index (χ1n) is 7.96. The molecule has 0 radical (unpaired) electrons. The van der Waals surface area contributed by atoms with Crippen LogP contribution in [-0.4, -0.2) is 5.11 Å². The Balaban J connectivity index is 0. The van der Waals surface area contributed by atoms with Crippen LogP contribution in [0.5, 0.6) is 5.75 Å². The van der Waals surface area contributed by atoms with Crippen molar-refractivity contribution in [2.45, 2.75) is 47.5 Å². The first-order chi connectivity index (χ1) is 10.6. The molecule has 0 amide bonds. The second-order valence-corrected chi connectivity index (χ2v) is 4.78. The Labute approximate surface area is 137 Å². The molecule has 0 unspecified atom stereocenters. The lowest BCUT2D eigenvalue weighted by molar-refractivity contribution is 0.475. The lowest BCUT2D eigenvalue weighted by Gasteiger charge is -1.96. The molecule has 2 aromatic carbocycles. The van der Waals surface area contributed by atoms with Crippen LogP contribution in [0.25, 0.3) is 0 Å². The van der Waals surface area contributed by atoms with Crippen molar-refractivity contribution in [1.29, 1.82) is 0 Å². The van der Waals surface area contributed by atoms with Gasteiger partial charge in [0.15, 0.2) is 0 Å². The average molecular weight is 300 g/mol. The number of hydrogen-bond acceptors (Lipinski definition) is 1. The van der Waals surface area contributed by atoms with Crippen molar-refractivity contribution in [2.24, 2.45) is 0 Å². The highest BCUT2D eigenvalue weighted by atomic mass is 16.3. The molecule has 0 aliphatic carbocycles. The average Bonchev–Trinajstić information content (AvgIpc) is 2.54. The minimum atomic E-state index is 0.347. The highest BCUT2D eigenvalue weighted by molar-refractivity contribution is 5.25. The van der Waals surface area contributed by atoms with Gasteiger partial charge in [-0.1, -0.05) is 81.3 Å². The van der Waals surface area contributed by atoms with Gasteiger partial charge in [-0.25, -0.2) is 0 Å². The fraction of sp³-hybridized carbons (Fsp3) is 0.333. The molecule has 0 heterocycles.